The van der Waals surface area contributed by atoms with Crippen molar-refractivity contribution in [3.8, 4) is 17.1 Å². The molecule has 0 aliphatic carbocycles. The van der Waals surface area contributed by atoms with E-state index in [9.17, 15) is 4.79 Å². The minimum atomic E-state index is -0.208. The largest absolute Gasteiger partial charge is 0.497 e. The summed E-state index contributed by atoms with van der Waals surface area (Å²) in [5, 5.41) is 13.7. The molecule has 3 aromatic rings. The number of nitrogens with one attached hydrogen (secondary N) is 1. The van der Waals surface area contributed by atoms with Gasteiger partial charge < -0.3 is 9.15 Å². The third kappa shape index (κ3) is 1.53. The summed E-state index contributed by atoms with van der Waals surface area (Å²) in [5.41, 5.74) is 0.508. The molecule has 0 atom stereocenters. The molecule has 1 aromatic carbocycles. The number of aromatic nitrogens is 4. The van der Waals surface area contributed by atoms with E-state index in [4.69, 9.17) is 9.15 Å². The summed E-state index contributed by atoms with van der Waals surface area (Å²) >= 11 is 0. The fourth-order valence-corrected chi connectivity index (χ4v) is 1.67. The van der Waals surface area contributed by atoms with Crippen LogP contribution < -0.4 is 10.2 Å². The number of rotatable bonds is 2. The maximum atomic E-state index is 12.2. The Bertz CT molecular complexity index is 749. The number of tetrazole rings is 1. The minimum absolute atomic E-state index is 0.208. The van der Waals surface area contributed by atoms with Crippen molar-refractivity contribution in [2.45, 2.75) is 0 Å². The average molecular weight is 244 g/mol. The molecule has 0 aliphatic heterocycles. The molecular weight excluding hydrogens is 236 g/mol. The van der Waals surface area contributed by atoms with Gasteiger partial charge in [0.25, 0.3) is 0 Å². The Balaban J connectivity index is 2.27. The number of aromatic amines is 1. The topological polar surface area (TPSA) is 93.9 Å². The zero-order valence-corrected chi connectivity index (χ0v) is 9.38. The number of ether oxygens (including phenoxy) is 1. The second kappa shape index (κ2) is 3.95. The number of benzene rings is 1. The maximum Gasteiger partial charge on any atom is 0.211 e. The van der Waals surface area contributed by atoms with Gasteiger partial charge in [-0.1, -0.05) is 0 Å². The lowest BCUT2D eigenvalue weighted by molar-refractivity contribution is 0.414. The van der Waals surface area contributed by atoms with Crippen molar-refractivity contribution >= 4 is 11.0 Å². The van der Waals surface area contributed by atoms with E-state index in [0.717, 1.165) is 0 Å². The van der Waals surface area contributed by atoms with Gasteiger partial charge in [-0.3, -0.25) is 4.79 Å². The highest BCUT2D eigenvalue weighted by molar-refractivity contribution is 5.81. The van der Waals surface area contributed by atoms with E-state index < -0.39 is 0 Å². The highest BCUT2D eigenvalue weighted by Crippen LogP contribution is 2.20. The molecule has 7 heteroatoms. The molecule has 1 N–H and O–H groups in total. The second-order valence-corrected chi connectivity index (χ2v) is 3.58. The van der Waals surface area contributed by atoms with Gasteiger partial charge in [-0.25, -0.2) is 0 Å². The molecule has 0 radical (unpaired) electrons. The van der Waals surface area contributed by atoms with Crippen LogP contribution in [0.4, 0.5) is 0 Å². The Morgan fingerprint density at radius 2 is 2.28 bits per heavy atom. The van der Waals surface area contributed by atoms with Gasteiger partial charge in [0.1, 0.15) is 23.2 Å². The molecule has 90 valence electrons. The molecule has 2 aromatic heterocycles. The molecule has 0 unspecified atom stereocenters. The number of methoxy groups -OCH3 is 1. The number of hydrogen-bond donors (Lipinski definition) is 1. The Morgan fingerprint density at radius 1 is 1.39 bits per heavy atom. The average Bonchev–Trinajstić information content (AvgIpc) is 2.92. The van der Waals surface area contributed by atoms with E-state index in [1.807, 2.05) is 0 Å². The van der Waals surface area contributed by atoms with Crippen molar-refractivity contribution < 1.29 is 9.15 Å². The van der Waals surface area contributed by atoms with Crippen molar-refractivity contribution in [3.05, 3.63) is 34.7 Å². The zero-order chi connectivity index (χ0) is 12.5. The number of fused-ring (bicyclic) bond motifs is 1. The summed E-state index contributed by atoms with van der Waals surface area (Å²) in [5.74, 6) is 0.833. The van der Waals surface area contributed by atoms with Crippen molar-refractivity contribution in [2.24, 2.45) is 0 Å². The van der Waals surface area contributed by atoms with E-state index in [-0.39, 0.29) is 16.8 Å². The van der Waals surface area contributed by atoms with Crippen LogP contribution >= 0.6 is 0 Å². The SMILES string of the molecule is COc1ccc2c(=O)c(-c3nn[nH]n3)coc2c1. The third-order valence-electron chi connectivity index (χ3n) is 2.57. The molecule has 0 aliphatic rings. The Morgan fingerprint density at radius 3 is 3.00 bits per heavy atom. The first kappa shape index (κ1) is 10.5. The van der Waals surface area contributed by atoms with Crippen molar-refractivity contribution in [1.82, 2.24) is 20.6 Å². The normalized spacial score (nSPS) is 10.7. The molecule has 3 rings (SSSR count). The molecular formula is C11H8N4O3. The lowest BCUT2D eigenvalue weighted by Gasteiger charge is -2.02. The standard InChI is InChI=1S/C11H8N4O3/c1-17-6-2-3-7-9(4-6)18-5-8(10(7)16)11-12-14-15-13-11/h2-5H,1H3,(H,12,13,14,15). The summed E-state index contributed by atoms with van der Waals surface area (Å²) in [6.45, 7) is 0. The first-order valence-corrected chi connectivity index (χ1v) is 5.13. The van der Waals surface area contributed by atoms with Crippen molar-refractivity contribution in [2.75, 3.05) is 7.11 Å². The van der Waals surface area contributed by atoms with E-state index in [1.165, 1.54) is 6.26 Å². The summed E-state index contributed by atoms with van der Waals surface area (Å²) in [6, 6.07) is 4.99. The van der Waals surface area contributed by atoms with Crippen LogP contribution in [0.15, 0.2) is 33.7 Å². The third-order valence-corrected chi connectivity index (χ3v) is 2.57. The lowest BCUT2D eigenvalue weighted by Crippen LogP contribution is -2.05. The molecule has 2 heterocycles. The minimum Gasteiger partial charge on any atom is -0.497 e. The van der Waals surface area contributed by atoms with Gasteiger partial charge in [0.15, 0.2) is 0 Å². The molecule has 0 saturated carbocycles. The van der Waals surface area contributed by atoms with E-state index in [1.54, 1.807) is 25.3 Å². The number of H-pyrrole nitrogens is 1. The molecule has 0 bridgehead atoms. The van der Waals surface area contributed by atoms with Gasteiger partial charge in [0, 0.05) is 6.07 Å². The molecule has 0 fully saturated rings. The number of hydrogen-bond acceptors (Lipinski definition) is 6. The molecule has 7 nitrogen and oxygen atoms in total. The zero-order valence-electron chi connectivity index (χ0n) is 9.38. The van der Waals surface area contributed by atoms with Gasteiger partial charge in [0.05, 0.1) is 12.5 Å². The quantitative estimate of drug-likeness (QED) is 0.722. The van der Waals surface area contributed by atoms with Crippen molar-refractivity contribution in [3.63, 3.8) is 0 Å². The highest BCUT2D eigenvalue weighted by atomic mass is 16.5. The summed E-state index contributed by atoms with van der Waals surface area (Å²) in [6.07, 6.45) is 1.31. The van der Waals surface area contributed by atoms with Gasteiger partial charge >= 0.3 is 0 Å². The highest BCUT2D eigenvalue weighted by Gasteiger charge is 2.12. The summed E-state index contributed by atoms with van der Waals surface area (Å²) in [7, 11) is 1.55. The van der Waals surface area contributed by atoms with E-state index in [0.29, 0.717) is 16.7 Å². The van der Waals surface area contributed by atoms with Crippen LogP contribution in [-0.4, -0.2) is 27.7 Å². The van der Waals surface area contributed by atoms with Gasteiger partial charge in [0.2, 0.25) is 11.3 Å². The maximum absolute atomic E-state index is 12.2. The predicted octanol–water partition coefficient (Wildman–Crippen LogP) is 0.982. The summed E-state index contributed by atoms with van der Waals surface area (Å²) in [4.78, 5) is 12.2. The van der Waals surface area contributed by atoms with Crippen molar-refractivity contribution in [1.29, 1.82) is 0 Å². The molecule has 18 heavy (non-hydrogen) atoms. The lowest BCUT2D eigenvalue weighted by atomic mass is 10.1. The fourth-order valence-electron chi connectivity index (χ4n) is 1.67. The Labute approximate surface area is 100 Å². The van der Waals surface area contributed by atoms with Crippen LogP contribution in [0.25, 0.3) is 22.4 Å². The van der Waals surface area contributed by atoms with Gasteiger partial charge in [-0.15, -0.1) is 10.2 Å². The van der Waals surface area contributed by atoms with E-state index >= 15 is 0 Å². The second-order valence-electron chi connectivity index (χ2n) is 3.58. The summed E-state index contributed by atoms with van der Waals surface area (Å²) < 4.78 is 10.5. The Kier molecular flexibility index (Phi) is 2.30. The van der Waals surface area contributed by atoms with Crippen LogP contribution in [0.5, 0.6) is 5.75 Å². The van der Waals surface area contributed by atoms with Gasteiger partial charge in [-0.2, -0.15) is 5.21 Å². The first-order chi connectivity index (χ1) is 8.79. The smallest absolute Gasteiger partial charge is 0.211 e. The van der Waals surface area contributed by atoms with E-state index in [2.05, 4.69) is 20.6 Å². The first-order valence-electron chi connectivity index (χ1n) is 5.13. The molecule has 0 saturated heterocycles. The fraction of sp³-hybridized carbons (Fsp3) is 0.0909. The van der Waals surface area contributed by atoms with Crippen LogP contribution in [-0.2, 0) is 0 Å². The molecule has 0 amide bonds. The van der Waals surface area contributed by atoms with Crippen LogP contribution in [0.3, 0.4) is 0 Å². The van der Waals surface area contributed by atoms with Gasteiger partial charge in [-0.05, 0) is 17.3 Å². The number of nitrogens with zero attached hydrogens (tertiary/aromatic N) is 3. The predicted molar refractivity (Wildman–Crippen MR) is 62.2 cm³/mol. The molecule has 0 spiro atoms. The monoisotopic (exact) mass is 244 g/mol. The Hall–Kier alpha value is -2.70. The van der Waals surface area contributed by atoms with Crippen LogP contribution in [0.2, 0.25) is 0 Å². The van der Waals surface area contributed by atoms with Crippen LogP contribution in [0, 0.1) is 0 Å². The van der Waals surface area contributed by atoms with Crippen LogP contribution in [0.1, 0.15) is 0 Å².